The van der Waals surface area contributed by atoms with Gasteiger partial charge in [0.25, 0.3) is 10.1 Å². The van der Waals surface area contributed by atoms with Crippen molar-refractivity contribution in [2.75, 3.05) is 19.9 Å². The van der Waals surface area contributed by atoms with Crippen LogP contribution in [-0.4, -0.2) is 34.4 Å². The van der Waals surface area contributed by atoms with Crippen molar-refractivity contribution < 1.29 is 12.6 Å². The predicted octanol–water partition coefficient (Wildman–Crippen LogP) is -0.429. The molecule has 62 valence electrons. The molecular weight excluding hydrogens is 154 g/mol. The third-order valence-corrected chi connectivity index (χ3v) is 1.59. The van der Waals surface area contributed by atoms with Gasteiger partial charge in [-0.15, -0.1) is 0 Å². The lowest BCUT2D eigenvalue weighted by atomic mass is 10.4. The molecule has 0 heterocycles. The molecule has 0 radical (unpaired) electrons. The number of likely N-dealkylation sites (N-methyl/N-ethyl adjacent to an activating group) is 1. The summed E-state index contributed by atoms with van der Waals surface area (Å²) in [6, 6.07) is 0.0646. The Balaban J connectivity index is 3.56. The van der Waals surface area contributed by atoms with Gasteiger partial charge in [0.15, 0.2) is 0 Å². The van der Waals surface area contributed by atoms with E-state index in [1.807, 2.05) is 6.92 Å². The van der Waals surface area contributed by atoms with E-state index in [0.29, 0.717) is 0 Å². The summed E-state index contributed by atoms with van der Waals surface area (Å²) in [7, 11) is -1.52. The second-order valence-corrected chi connectivity index (χ2v) is 3.82. The minimum atomic E-state index is -3.27. The highest BCUT2D eigenvalue weighted by Gasteiger charge is 2.04. The van der Waals surface area contributed by atoms with E-state index in [2.05, 4.69) is 9.50 Å². The first-order valence-electron chi connectivity index (χ1n) is 2.97. The molecule has 10 heavy (non-hydrogen) atoms. The predicted molar refractivity (Wildman–Crippen MR) is 39.3 cm³/mol. The van der Waals surface area contributed by atoms with Gasteiger partial charge in [-0.25, -0.2) is 0 Å². The lowest BCUT2D eigenvalue weighted by Crippen LogP contribution is -2.27. The Labute approximate surface area is 61.7 Å². The maximum absolute atomic E-state index is 10.4. The summed E-state index contributed by atoms with van der Waals surface area (Å²) in [5.74, 6) is 0. The number of hydrogen-bond donors (Lipinski definition) is 1. The van der Waals surface area contributed by atoms with Crippen LogP contribution in [0.4, 0.5) is 0 Å². The summed E-state index contributed by atoms with van der Waals surface area (Å²) in [4.78, 5) is 0. The summed E-state index contributed by atoms with van der Waals surface area (Å²) in [5.41, 5.74) is 0. The van der Waals surface area contributed by atoms with E-state index in [1.54, 1.807) is 7.05 Å². The lowest BCUT2D eigenvalue weighted by molar-refractivity contribution is 0.286. The van der Waals surface area contributed by atoms with Gasteiger partial charge in [-0.3, -0.25) is 4.18 Å². The number of hydrogen-bond acceptors (Lipinski definition) is 4. The van der Waals surface area contributed by atoms with Gasteiger partial charge in [-0.05, 0) is 14.0 Å². The molecule has 0 aromatic carbocycles. The van der Waals surface area contributed by atoms with E-state index in [9.17, 15) is 8.42 Å². The Kier molecular flexibility index (Phi) is 3.85. The van der Waals surface area contributed by atoms with Crippen LogP contribution in [0.25, 0.3) is 0 Å². The fourth-order valence-electron chi connectivity index (χ4n) is 0.309. The maximum atomic E-state index is 10.4. The minimum Gasteiger partial charge on any atom is -0.315 e. The van der Waals surface area contributed by atoms with E-state index in [0.717, 1.165) is 6.26 Å². The van der Waals surface area contributed by atoms with Crippen molar-refractivity contribution in [1.29, 1.82) is 0 Å². The molecule has 4 nitrogen and oxygen atoms in total. The monoisotopic (exact) mass is 167 g/mol. The molecule has 0 saturated carbocycles. The van der Waals surface area contributed by atoms with Crippen molar-refractivity contribution in [1.82, 2.24) is 5.32 Å². The molecule has 0 unspecified atom stereocenters. The zero-order valence-electron chi connectivity index (χ0n) is 6.42. The lowest BCUT2D eigenvalue weighted by Gasteiger charge is -2.07. The van der Waals surface area contributed by atoms with Crippen LogP contribution in [0.3, 0.4) is 0 Å². The SMILES string of the molecule is CN[C@H](C)COS(C)(=O)=O. The molecule has 0 aliphatic heterocycles. The molecule has 1 N–H and O–H groups in total. The molecule has 0 aromatic heterocycles. The van der Waals surface area contributed by atoms with E-state index < -0.39 is 10.1 Å². The fraction of sp³-hybridized carbons (Fsp3) is 1.00. The van der Waals surface area contributed by atoms with Crippen LogP contribution in [0.5, 0.6) is 0 Å². The summed E-state index contributed by atoms with van der Waals surface area (Å²) in [5, 5.41) is 2.85. The Hall–Kier alpha value is -0.130. The minimum absolute atomic E-state index is 0.0646. The van der Waals surface area contributed by atoms with Crippen molar-refractivity contribution in [2.45, 2.75) is 13.0 Å². The van der Waals surface area contributed by atoms with Crippen molar-refractivity contribution in [3.63, 3.8) is 0 Å². The van der Waals surface area contributed by atoms with Gasteiger partial charge in [0, 0.05) is 6.04 Å². The van der Waals surface area contributed by atoms with Crippen molar-refractivity contribution in [3.05, 3.63) is 0 Å². The van der Waals surface area contributed by atoms with Crippen molar-refractivity contribution in [2.24, 2.45) is 0 Å². The summed E-state index contributed by atoms with van der Waals surface area (Å²) < 4.78 is 25.3. The Bertz CT molecular complexity index is 175. The Morgan fingerprint density at radius 1 is 1.60 bits per heavy atom. The van der Waals surface area contributed by atoms with Crippen molar-refractivity contribution in [3.8, 4) is 0 Å². The zero-order valence-corrected chi connectivity index (χ0v) is 7.23. The second-order valence-electron chi connectivity index (χ2n) is 2.18. The summed E-state index contributed by atoms with van der Waals surface area (Å²) >= 11 is 0. The van der Waals surface area contributed by atoms with Gasteiger partial charge in [-0.2, -0.15) is 8.42 Å². The Morgan fingerprint density at radius 3 is 2.40 bits per heavy atom. The van der Waals surface area contributed by atoms with Crippen LogP contribution in [0.15, 0.2) is 0 Å². The molecule has 0 saturated heterocycles. The highest BCUT2D eigenvalue weighted by Crippen LogP contribution is 1.88. The van der Waals surface area contributed by atoms with Gasteiger partial charge < -0.3 is 5.32 Å². The van der Waals surface area contributed by atoms with E-state index in [1.165, 1.54) is 0 Å². The average Bonchev–Trinajstić information content (AvgIpc) is 1.81. The first kappa shape index (κ1) is 9.87. The molecule has 0 rings (SSSR count). The molecule has 0 spiro atoms. The standard InChI is InChI=1S/C5H13NO3S/c1-5(6-2)4-9-10(3,7)8/h5-6H,4H2,1-3H3/t5-/m1/s1. The first-order valence-corrected chi connectivity index (χ1v) is 4.79. The fourth-order valence-corrected chi connectivity index (χ4v) is 0.760. The topological polar surface area (TPSA) is 55.4 Å². The molecular formula is C5H13NO3S. The van der Waals surface area contributed by atoms with Crippen molar-refractivity contribution >= 4 is 10.1 Å². The number of nitrogens with one attached hydrogen (secondary N) is 1. The summed E-state index contributed by atoms with van der Waals surface area (Å²) in [6.07, 6.45) is 1.04. The van der Waals surface area contributed by atoms with Gasteiger partial charge in [0.1, 0.15) is 0 Å². The molecule has 0 aromatic rings. The molecule has 0 fully saturated rings. The van der Waals surface area contributed by atoms with Crippen LogP contribution in [0, 0.1) is 0 Å². The smallest absolute Gasteiger partial charge is 0.264 e. The summed E-state index contributed by atoms with van der Waals surface area (Å²) in [6.45, 7) is 2.03. The molecule has 0 aliphatic carbocycles. The van der Waals surface area contributed by atoms with Crippen LogP contribution in [0.2, 0.25) is 0 Å². The second kappa shape index (κ2) is 3.90. The van der Waals surface area contributed by atoms with Gasteiger partial charge >= 0.3 is 0 Å². The van der Waals surface area contributed by atoms with E-state index in [4.69, 9.17) is 0 Å². The van der Waals surface area contributed by atoms with E-state index in [-0.39, 0.29) is 12.6 Å². The third kappa shape index (κ3) is 6.00. The van der Waals surface area contributed by atoms with E-state index >= 15 is 0 Å². The van der Waals surface area contributed by atoms with Crippen LogP contribution < -0.4 is 5.32 Å². The van der Waals surface area contributed by atoms with Gasteiger partial charge in [0.05, 0.1) is 12.9 Å². The normalized spacial score (nSPS) is 15.1. The quantitative estimate of drug-likeness (QED) is 0.577. The average molecular weight is 167 g/mol. The molecule has 0 amide bonds. The molecule has 1 atom stereocenters. The maximum Gasteiger partial charge on any atom is 0.264 e. The van der Waals surface area contributed by atoms with Gasteiger partial charge in [-0.1, -0.05) is 0 Å². The zero-order chi connectivity index (χ0) is 8.20. The van der Waals surface area contributed by atoms with Crippen LogP contribution in [-0.2, 0) is 14.3 Å². The largest absolute Gasteiger partial charge is 0.315 e. The van der Waals surface area contributed by atoms with Crippen LogP contribution >= 0.6 is 0 Å². The molecule has 0 bridgehead atoms. The Morgan fingerprint density at radius 2 is 2.10 bits per heavy atom. The highest BCUT2D eigenvalue weighted by atomic mass is 32.2. The van der Waals surface area contributed by atoms with Crippen LogP contribution in [0.1, 0.15) is 6.92 Å². The van der Waals surface area contributed by atoms with Gasteiger partial charge in [0.2, 0.25) is 0 Å². The highest BCUT2D eigenvalue weighted by molar-refractivity contribution is 7.85. The number of rotatable bonds is 4. The molecule has 5 heteroatoms. The first-order chi connectivity index (χ1) is 4.45. The molecule has 0 aliphatic rings. The third-order valence-electron chi connectivity index (χ3n) is 1.02.